The van der Waals surface area contributed by atoms with Crippen molar-refractivity contribution in [2.24, 2.45) is 0 Å². The lowest BCUT2D eigenvalue weighted by molar-refractivity contribution is -0.112. The number of carbonyl (C=O) groups excluding carboxylic acids is 1. The van der Waals surface area contributed by atoms with Crippen LogP contribution in [0, 0.1) is 13.8 Å². The van der Waals surface area contributed by atoms with E-state index in [4.69, 9.17) is 0 Å². The Kier molecular flexibility index (Phi) is 3.80. The number of aromatic nitrogens is 2. The monoisotopic (exact) mass is 371 g/mol. The molecule has 2 aliphatic rings. The van der Waals surface area contributed by atoms with Crippen molar-refractivity contribution >= 4 is 33.1 Å². The van der Waals surface area contributed by atoms with Gasteiger partial charge in [0.15, 0.2) is 9.84 Å². The number of hydrogen-bond acceptors (Lipinski definition) is 4. The second kappa shape index (κ2) is 5.81. The predicted octanol–water partition coefficient (Wildman–Crippen LogP) is 2.38. The van der Waals surface area contributed by atoms with E-state index in [2.05, 4.69) is 5.10 Å². The van der Waals surface area contributed by atoms with Gasteiger partial charge in [-0.2, -0.15) is 5.10 Å². The van der Waals surface area contributed by atoms with Gasteiger partial charge in [0.25, 0.3) is 5.91 Å². The van der Waals surface area contributed by atoms with Gasteiger partial charge in [-0.15, -0.1) is 0 Å². The van der Waals surface area contributed by atoms with E-state index in [-0.39, 0.29) is 23.5 Å². The van der Waals surface area contributed by atoms with Crippen molar-refractivity contribution < 1.29 is 13.2 Å². The van der Waals surface area contributed by atoms with Crippen LogP contribution in [0.2, 0.25) is 0 Å². The smallest absolute Gasteiger partial charge is 0.258 e. The minimum absolute atomic E-state index is 0.0406. The molecule has 7 heteroatoms. The number of nitrogens with zero attached hydrogens (tertiary/aromatic N) is 3. The van der Waals surface area contributed by atoms with E-state index in [1.54, 1.807) is 11.9 Å². The lowest BCUT2D eigenvalue weighted by Gasteiger charge is -2.11. The average molecular weight is 371 g/mol. The SMILES string of the molecule is Cc1nn([C@@H]2CCS(=O)(=O)C2)c(C)c1/C=C1\C(=O)N(C)c2ccccc21. The Labute approximate surface area is 153 Å². The van der Waals surface area contributed by atoms with Crippen LogP contribution in [0.25, 0.3) is 11.6 Å². The summed E-state index contributed by atoms with van der Waals surface area (Å²) < 4.78 is 25.4. The van der Waals surface area contributed by atoms with E-state index < -0.39 is 9.84 Å². The van der Waals surface area contributed by atoms with Crippen LogP contribution in [-0.4, -0.2) is 42.7 Å². The van der Waals surface area contributed by atoms with Crippen molar-refractivity contribution in [3.63, 3.8) is 0 Å². The molecule has 0 saturated carbocycles. The molecule has 136 valence electrons. The zero-order valence-electron chi connectivity index (χ0n) is 15.1. The van der Waals surface area contributed by atoms with Crippen LogP contribution in [0.3, 0.4) is 0 Å². The highest BCUT2D eigenvalue weighted by atomic mass is 32.2. The standard InChI is InChI=1S/C19H21N3O3S/c1-12-16(13(2)22(20-12)14-8-9-26(24,25)11-14)10-17-15-6-4-5-7-18(15)21(3)19(17)23/h4-7,10,14H,8-9,11H2,1-3H3/b17-10-/t14-/m1/s1. The molecule has 1 saturated heterocycles. The third-order valence-electron chi connectivity index (χ3n) is 5.31. The molecule has 1 aromatic heterocycles. The van der Waals surface area contributed by atoms with Crippen molar-refractivity contribution in [1.29, 1.82) is 0 Å². The van der Waals surface area contributed by atoms with E-state index in [1.807, 2.05) is 48.9 Å². The molecule has 1 amide bonds. The summed E-state index contributed by atoms with van der Waals surface area (Å²) >= 11 is 0. The first-order valence-corrected chi connectivity index (χ1v) is 10.5. The molecular weight excluding hydrogens is 350 g/mol. The number of likely N-dealkylation sites (N-methyl/N-ethyl adjacent to an activating group) is 1. The number of anilines is 1. The normalized spacial score (nSPS) is 23.0. The average Bonchev–Trinajstić information content (AvgIpc) is 3.18. The second-order valence-electron chi connectivity index (χ2n) is 7.03. The zero-order valence-corrected chi connectivity index (χ0v) is 15.9. The number of aryl methyl sites for hydroxylation is 1. The van der Waals surface area contributed by atoms with E-state index >= 15 is 0 Å². The van der Waals surface area contributed by atoms with E-state index in [0.29, 0.717) is 12.0 Å². The highest BCUT2D eigenvalue weighted by molar-refractivity contribution is 7.91. The zero-order chi connectivity index (χ0) is 18.6. The number of para-hydroxylation sites is 1. The maximum Gasteiger partial charge on any atom is 0.258 e. The van der Waals surface area contributed by atoms with Crippen LogP contribution < -0.4 is 4.90 Å². The number of sulfone groups is 1. The first kappa shape index (κ1) is 17.0. The summed E-state index contributed by atoms with van der Waals surface area (Å²) in [5, 5.41) is 4.58. The van der Waals surface area contributed by atoms with Gasteiger partial charge in [-0.25, -0.2) is 8.42 Å². The minimum Gasteiger partial charge on any atom is -0.311 e. The largest absolute Gasteiger partial charge is 0.311 e. The molecule has 0 spiro atoms. The Morgan fingerprint density at radius 3 is 2.65 bits per heavy atom. The van der Waals surface area contributed by atoms with Crippen LogP contribution in [0.4, 0.5) is 5.69 Å². The van der Waals surface area contributed by atoms with Crippen LogP contribution in [0.15, 0.2) is 24.3 Å². The van der Waals surface area contributed by atoms with Crippen molar-refractivity contribution in [3.8, 4) is 0 Å². The van der Waals surface area contributed by atoms with Crippen LogP contribution in [0.5, 0.6) is 0 Å². The molecule has 1 aromatic carbocycles. The van der Waals surface area contributed by atoms with Crippen molar-refractivity contribution in [2.45, 2.75) is 26.3 Å². The number of fused-ring (bicyclic) bond motifs is 1. The van der Waals surface area contributed by atoms with Gasteiger partial charge in [0.05, 0.1) is 28.9 Å². The molecule has 2 aromatic rings. The van der Waals surface area contributed by atoms with Gasteiger partial charge in [-0.3, -0.25) is 9.48 Å². The predicted molar refractivity (Wildman–Crippen MR) is 102 cm³/mol. The summed E-state index contributed by atoms with van der Waals surface area (Å²) in [4.78, 5) is 14.3. The second-order valence-corrected chi connectivity index (χ2v) is 9.25. The quantitative estimate of drug-likeness (QED) is 0.760. The number of rotatable bonds is 2. The fraction of sp³-hybridized carbons (Fsp3) is 0.368. The third-order valence-corrected chi connectivity index (χ3v) is 7.06. The molecule has 26 heavy (non-hydrogen) atoms. The van der Waals surface area contributed by atoms with Gasteiger partial charge in [-0.1, -0.05) is 18.2 Å². The third kappa shape index (κ3) is 2.58. The molecule has 0 bridgehead atoms. The molecule has 1 atom stereocenters. The molecule has 0 N–H and O–H groups in total. The van der Waals surface area contributed by atoms with Crippen LogP contribution >= 0.6 is 0 Å². The first-order chi connectivity index (χ1) is 12.3. The Balaban J connectivity index is 1.78. The van der Waals surface area contributed by atoms with Gasteiger partial charge >= 0.3 is 0 Å². The molecule has 2 aliphatic heterocycles. The van der Waals surface area contributed by atoms with Crippen LogP contribution in [0.1, 0.15) is 35.0 Å². The summed E-state index contributed by atoms with van der Waals surface area (Å²) in [5.74, 6) is 0.305. The molecule has 4 rings (SSSR count). The Hall–Kier alpha value is -2.41. The number of amides is 1. The Bertz CT molecular complexity index is 1050. The fourth-order valence-corrected chi connectivity index (χ4v) is 5.58. The number of carbonyl (C=O) groups is 1. The summed E-state index contributed by atoms with van der Waals surface area (Å²) in [5.41, 5.74) is 5.05. The maximum atomic E-state index is 12.7. The number of benzene rings is 1. The van der Waals surface area contributed by atoms with Gasteiger partial charge in [-0.05, 0) is 32.4 Å². The van der Waals surface area contributed by atoms with E-state index in [9.17, 15) is 13.2 Å². The van der Waals surface area contributed by atoms with Crippen molar-refractivity contribution in [1.82, 2.24) is 9.78 Å². The summed E-state index contributed by atoms with van der Waals surface area (Å²) in [6, 6.07) is 7.59. The first-order valence-electron chi connectivity index (χ1n) is 8.64. The minimum atomic E-state index is -2.98. The highest BCUT2D eigenvalue weighted by Gasteiger charge is 2.33. The molecule has 0 aliphatic carbocycles. The van der Waals surface area contributed by atoms with Crippen molar-refractivity contribution in [3.05, 3.63) is 46.8 Å². The van der Waals surface area contributed by atoms with Gasteiger partial charge in [0, 0.05) is 29.4 Å². The Morgan fingerprint density at radius 1 is 1.23 bits per heavy atom. The van der Waals surface area contributed by atoms with E-state index in [1.165, 1.54) is 0 Å². The van der Waals surface area contributed by atoms with Crippen molar-refractivity contribution in [2.75, 3.05) is 23.5 Å². The highest BCUT2D eigenvalue weighted by Crippen LogP contribution is 2.37. The molecule has 3 heterocycles. The lowest BCUT2D eigenvalue weighted by Crippen LogP contribution is -2.20. The molecular formula is C19H21N3O3S. The molecule has 6 nitrogen and oxygen atoms in total. The fourth-order valence-electron chi connectivity index (χ4n) is 3.89. The summed E-state index contributed by atoms with van der Waals surface area (Å²) in [6.07, 6.45) is 2.48. The Morgan fingerprint density at radius 2 is 1.96 bits per heavy atom. The molecule has 0 radical (unpaired) electrons. The topological polar surface area (TPSA) is 72.3 Å². The van der Waals surface area contributed by atoms with Crippen LogP contribution in [-0.2, 0) is 14.6 Å². The maximum absolute atomic E-state index is 12.7. The van der Waals surface area contributed by atoms with Gasteiger partial charge in [0.1, 0.15) is 0 Å². The molecule has 1 fully saturated rings. The van der Waals surface area contributed by atoms with Gasteiger partial charge in [0.2, 0.25) is 0 Å². The lowest BCUT2D eigenvalue weighted by atomic mass is 10.0. The molecule has 0 unspecified atom stereocenters. The van der Waals surface area contributed by atoms with E-state index in [0.717, 1.165) is 28.2 Å². The number of hydrogen-bond donors (Lipinski definition) is 0. The van der Waals surface area contributed by atoms with Gasteiger partial charge < -0.3 is 4.90 Å². The summed E-state index contributed by atoms with van der Waals surface area (Å²) in [7, 11) is -1.21. The summed E-state index contributed by atoms with van der Waals surface area (Å²) in [6.45, 7) is 3.83.